The number of hydrogen-bond donors (Lipinski definition) is 3. The van der Waals surface area contributed by atoms with Crippen molar-refractivity contribution in [1.82, 2.24) is 15.1 Å². The first-order chi connectivity index (χ1) is 18.3. The number of benzene rings is 3. The molecule has 1 aliphatic rings. The second kappa shape index (κ2) is 10.0. The predicted octanol–water partition coefficient (Wildman–Crippen LogP) is 4.81. The van der Waals surface area contributed by atoms with Gasteiger partial charge in [0.2, 0.25) is 0 Å². The first-order valence-corrected chi connectivity index (χ1v) is 12.6. The van der Waals surface area contributed by atoms with Crippen molar-refractivity contribution in [2.45, 2.75) is 40.3 Å². The SMILES string of the molecule is COc1cccc(C)c1C(=O)NCc1ccc(-c2nn3c(c2C(N)=O)Nc2ccc(C)cc2CC3)cc1C. The van der Waals surface area contributed by atoms with Gasteiger partial charge < -0.3 is 21.1 Å². The van der Waals surface area contributed by atoms with Crippen LogP contribution in [0.3, 0.4) is 0 Å². The number of aryl methyl sites for hydroxylation is 5. The van der Waals surface area contributed by atoms with E-state index in [0.717, 1.165) is 34.4 Å². The molecule has 8 nitrogen and oxygen atoms in total. The normalized spacial score (nSPS) is 12.1. The highest BCUT2D eigenvalue weighted by atomic mass is 16.5. The van der Waals surface area contributed by atoms with Gasteiger partial charge in [0.25, 0.3) is 11.8 Å². The maximum Gasteiger partial charge on any atom is 0.255 e. The first kappa shape index (κ1) is 25.1. The summed E-state index contributed by atoms with van der Waals surface area (Å²) in [6.45, 7) is 6.90. The van der Waals surface area contributed by atoms with Crippen LogP contribution in [0.15, 0.2) is 54.6 Å². The molecule has 0 unspecified atom stereocenters. The van der Waals surface area contributed by atoms with E-state index < -0.39 is 5.91 Å². The number of ether oxygens (including phenoxy) is 1. The van der Waals surface area contributed by atoms with Crippen LogP contribution in [0.1, 0.15) is 48.5 Å². The number of nitrogens with two attached hydrogens (primary N) is 1. The van der Waals surface area contributed by atoms with E-state index in [9.17, 15) is 9.59 Å². The van der Waals surface area contributed by atoms with Crippen molar-refractivity contribution in [1.29, 1.82) is 0 Å². The van der Waals surface area contributed by atoms with E-state index >= 15 is 0 Å². The molecule has 4 aromatic rings. The number of anilines is 2. The Bertz CT molecular complexity index is 1570. The van der Waals surface area contributed by atoms with Crippen molar-refractivity contribution in [2.24, 2.45) is 5.73 Å². The lowest BCUT2D eigenvalue weighted by molar-refractivity contribution is 0.0946. The monoisotopic (exact) mass is 509 g/mol. The Morgan fingerprint density at radius 2 is 1.87 bits per heavy atom. The summed E-state index contributed by atoms with van der Waals surface area (Å²) in [5, 5.41) is 11.2. The van der Waals surface area contributed by atoms with E-state index in [1.54, 1.807) is 13.2 Å². The zero-order valence-electron chi connectivity index (χ0n) is 22.0. The van der Waals surface area contributed by atoms with Crippen LogP contribution >= 0.6 is 0 Å². The third kappa shape index (κ3) is 4.61. The van der Waals surface area contributed by atoms with Gasteiger partial charge in [-0.05, 0) is 67.6 Å². The Labute approximate surface area is 221 Å². The maximum absolute atomic E-state index is 12.9. The fourth-order valence-corrected chi connectivity index (χ4v) is 5.00. The number of carbonyl (C=O) groups is 2. The Hall–Kier alpha value is -4.59. The smallest absolute Gasteiger partial charge is 0.255 e. The second-order valence-electron chi connectivity index (χ2n) is 9.67. The van der Waals surface area contributed by atoms with Crippen molar-refractivity contribution in [3.63, 3.8) is 0 Å². The van der Waals surface area contributed by atoms with Crippen LogP contribution in [0.2, 0.25) is 0 Å². The van der Waals surface area contributed by atoms with Crippen LogP contribution in [0.5, 0.6) is 5.75 Å². The third-order valence-corrected chi connectivity index (χ3v) is 7.04. The summed E-state index contributed by atoms with van der Waals surface area (Å²) in [6, 6.07) is 17.6. The molecule has 2 amide bonds. The van der Waals surface area contributed by atoms with Gasteiger partial charge in [0, 0.05) is 24.3 Å². The second-order valence-corrected chi connectivity index (χ2v) is 9.67. The number of aromatic nitrogens is 2. The van der Waals surface area contributed by atoms with E-state index in [1.807, 2.05) is 61.0 Å². The summed E-state index contributed by atoms with van der Waals surface area (Å²) in [7, 11) is 1.56. The number of primary amides is 1. The number of nitrogens with zero attached hydrogens (tertiary/aromatic N) is 2. The minimum atomic E-state index is -0.537. The van der Waals surface area contributed by atoms with Crippen LogP contribution in [-0.2, 0) is 19.5 Å². The van der Waals surface area contributed by atoms with Crippen molar-refractivity contribution >= 4 is 23.3 Å². The summed E-state index contributed by atoms with van der Waals surface area (Å²) in [6.07, 6.45) is 0.791. The summed E-state index contributed by atoms with van der Waals surface area (Å²) >= 11 is 0. The van der Waals surface area contributed by atoms with Gasteiger partial charge in [-0.3, -0.25) is 9.59 Å². The minimum absolute atomic E-state index is 0.196. The van der Waals surface area contributed by atoms with Gasteiger partial charge in [-0.25, -0.2) is 4.68 Å². The average Bonchev–Trinajstić information content (AvgIpc) is 3.16. The number of methoxy groups -OCH3 is 1. The lowest BCUT2D eigenvalue weighted by atomic mass is 10.0. The van der Waals surface area contributed by atoms with Gasteiger partial charge in [-0.2, -0.15) is 5.10 Å². The van der Waals surface area contributed by atoms with Crippen LogP contribution in [0.25, 0.3) is 11.3 Å². The summed E-state index contributed by atoms with van der Waals surface area (Å²) < 4.78 is 7.20. The van der Waals surface area contributed by atoms with Crippen LogP contribution in [0.4, 0.5) is 11.5 Å². The molecule has 3 aromatic carbocycles. The molecule has 0 saturated carbocycles. The molecule has 0 fully saturated rings. The van der Waals surface area contributed by atoms with E-state index in [1.165, 1.54) is 11.1 Å². The van der Waals surface area contributed by atoms with Gasteiger partial charge in [-0.15, -0.1) is 0 Å². The van der Waals surface area contributed by atoms with Gasteiger partial charge in [0.1, 0.15) is 22.8 Å². The molecule has 0 aliphatic carbocycles. The van der Waals surface area contributed by atoms with Gasteiger partial charge in [0.15, 0.2) is 0 Å². The molecular formula is C30H31N5O3. The zero-order valence-corrected chi connectivity index (χ0v) is 22.0. The van der Waals surface area contributed by atoms with Gasteiger partial charge in [-0.1, -0.05) is 42.0 Å². The number of hydrogen-bond acceptors (Lipinski definition) is 5. The summed E-state index contributed by atoms with van der Waals surface area (Å²) in [4.78, 5) is 25.5. The van der Waals surface area contributed by atoms with E-state index in [2.05, 4.69) is 23.6 Å². The quantitative estimate of drug-likeness (QED) is 0.345. The van der Waals surface area contributed by atoms with Crippen molar-refractivity contribution in [3.8, 4) is 17.0 Å². The van der Waals surface area contributed by atoms with Gasteiger partial charge in [0.05, 0.1) is 12.7 Å². The van der Waals surface area contributed by atoms with E-state index in [4.69, 9.17) is 15.6 Å². The predicted molar refractivity (Wildman–Crippen MR) is 148 cm³/mol. The molecule has 2 heterocycles. The molecule has 0 radical (unpaired) electrons. The van der Waals surface area contributed by atoms with E-state index in [0.29, 0.717) is 41.5 Å². The fourth-order valence-electron chi connectivity index (χ4n) is 5.00. The highest BCUT2D eigenvalue weighted by Crippen LogP contribution is 2.35. The Morgan fingerprint density at radius 3 is 2.61 bits per heavy atom. The van der Waals surface area contributed by atoms with Crippen LogP contribution < -0.4 is 21.1 Å². The Balaban J connectivity index is 1.42. The highest BCUT2D eigenvalue weighted by Gasteiger charge is 2.26. The topological polar surface area (TPSA) is 111 Å². The molecule has 0 spiro atoms. The Morgan fingerprint density at radius 1 is 1.05 bits per heavy atom. The number of amides is 2. The lowest BCUT2D eigenvalue weighted by Gasteiger charge is -2.13. The largest absolute Gasteiger partial charge is 0.496 e. The molecule has 0 atom stereocenters. The summed E-state index contributed by atoms with van der Waals surface area (Å²) in [5.74, 6) is 0.417. The maximum atomic E-state index is 12.9. The molecule has 0 saturated heterocycles. The molecule has 0 bridgehead atoms. The van der Waals surface area contributed by atoms with Crippen molar-refractivity contribution in [3.05, 3.63) is 93.5 Å². The molecule has 4 N–H and O–H groups in total. The molecule has 38 heavy (non-hydrogen) atoms. The number of rotatable bonds is 6. The van der Waals surface area contributed by atoms with Gasteiger partial charge >= 0.3 is 0 Å². The third-order valence-electron chi connectivity index (χ3n) is 7.04. The molecule has 1 aromatic heterocycles. The number of nitrogens with one attached hydrogen (secondary N) is 2. The first-order valence-electron chi connectivity index (χ1n) is 12.6. The molecule has 194 valence electrons. The van der Waals surface area contributed by atoms with E-state index in [-0.39, 0.29) is 5.91 Å². The average molecular weight is 510 g/mol. The fraction of sp³-hybridized carbons (Fsp3) is 0.233. The highest BCUT2D eigenvalue weighted by molar-refractivity contribution is 6.04. The molecule has 1 aliphatic heterocycles. The van der Waals surface area contributed by atoms with Crippen LogP contribution in [-0.4, -0.2) is 28.7 Å². The van der Waals surface area contributed by atoms with Crippen LogP contribution in [0, 0.1) is 20.8 Å². The number of fused-ring (bicyclic) bond motifs is 2. The minimum Gasteiger partial charge on any atom is -0.496 e. The molecular weight excluding hydrogens is 478 g/mol. The molecule has 8 heteroatoms. The number of carbonyl (C=O) groups excluding carboxylic acids is 2. The van der Waals surface area contributed by atoms with Crippen molar-refractivity contribution < 1.29 is 14.3 Å². The lowest BCUT2D eigenvalue weighted by Crippen LogP contribution is -2.24. The molecule has 5 rings (SSSR count). The van der Waals surface area contributed by atoms with Crippen molar-refractivity contribution in [2.75, 3.05) is 12.4 Å². The Kier molecular flexibility index (Phi) is 6.63. The summed E-state index contributed by atoms with van der Waals surface area (Å²) in [5.41, 5.74) is 14.2. The standard InChI is InChI=1S/C30H31N5O3/c1-17-8-11-23-20(14-17)12-13-35-29(33-23)26(28(31)36)27(34-35)21-9-10-22(19(3)15-21)16-32-30(37)25-18(2)6-5-7-24(25)38-4/h5-11,14-15,33H,12-13,16H2,1-4H3,(H2,31,36)(H,32,37). The zero-order chi connectivity index (χ0) is 27.0.